The fourth-order valence-corrected chi connectivity index (χ4v) is 2.77. The van der Waals surface area contributed by atoms with Gasteiger partial charge < -0.3 is 0 Å². The van der Waals surface area contributed by atoms with Crippen LogP contribution in [0.1, 0.15) is 22.9 Å². The summed E-state index contributed by atoms with van der Waals surface area (Å²) in [6, 6.07) is 10.00. The summed E-state index contributed by atoms with van der Waals surface area (Å²) in [4.78, 5) is 8.54. The molecule has 0 spiro atoms. The van der Waals surface area contributed by atoms with Gasteiger partial charge in [0.25, 0.3) is 0 Å². The fraction of sp³-hybridized carbons (Fsp3) is 0.231. The molecule has 4 heteroatoms. The molecule has 0 radical (unpaired) electrons. The summed E-state index contributed by atoms with van der Waals surface area (Å²) in [5.74, 6) is 1.04. The Balaban J connectivity index is 1.93. The summed E-state index contributed by atoms with van der Waals surface area (Å²) < 4.78 is 0. The highest BCUT2D eigenvalue weighted by Gasteiger charge is 2.25. The van der Waals surface area contributed by atoms with E-state index >= 15 is 0 Å². The molecule has 17 heavy (non-hydrogen) atoms. The van der Waals surface area contributed by atoms with E-state index in [1.165, 1.54) is 11.1 Å². The molecule has 0 unspecified atom stereocenters. The van der Waals surface area contributed by atoms with Gasteiger partial charge in [-0.25, -0.2) is 9.97 Å². The van der Waals surface area contributed by atoms with Crippen molar-refractivity contribution in [1.29, 1.82) is 0 Å². The van der Waals surface area contributed by atoms with Crippen molar-refractivity contribution < 1.29 is 0 Å². The molecule has 2 aromatic rings. The van der Waals surface area contributed by atoms with Gasteiger partial charge in [-0.05, 0) is 24.0 Å². The van der Waals surface area contributed by atoms with E-state index in [1.807, 2.05) is 0 Å². The molecule has 1 aromatic carbocycles. The third-order valence-electron chi connectivity index (χ3n) is 3.10. The minimum Gasteiger partial charge on any atom is -0.221 e. The highest BCUT2D eigenvalue weighted by molar-refractivity contribution is 6.33. The molecule has 1 aromatic heterocycles. The first-order chi connectivity index (χ1) is 8.22. The molecule has 0 aliphatic heterocycles. The van der Waals surface area contributed by atoms with Gasteiger partial charge in [0.15, 0.2) is 0 Å². The van der Waals surface area contributed by atoms with Gasteiger partial charge in [-0.1, -0.05) is 47.5 Å². The number of fused-ring (bicyclic) bond motifs is 1. The summed E-state index contributed by atoms with van der Waals surface area (Å²) in [5, 5.41) is 0.826. The van der Waals surface area contributed by atoms with Crippen LogP contribution < -0.4 is 0 Å². The van der Waals surface area contributed by atoms with Crippen molar-refractivity contribution in [3.8, 4) is 0 Å². The first-order valence-electron chi connectivity index (χ1n) is 5.49. The van der Waals surface area contributed by atoms with E-state index in [2.05, 4.69) is 34.2 Å². The Labute approximate surface area is 110 Å². The van der Waals surface area contributed by atoms with Crippen molar-refractivity contribution >= 4 is 23.2 Å². The smallest absolute Gasteiger partial charge is 0.135 e. The van der Waals surface area contributed by atoms with Crippen molar-refractivity contribution in [2.24, 2.45) is 0 Å². The van der Waals surface area contributed by atoms with Crippen LogP contribution in [-0.2, 0) is 12.8 Å². The monoisotopic (exact) mass is 264 g/mol. The second-order valence-corrected chi connectivity index (χ2v) is 5.02. The number of rotatable bonds is 1. The van der Waals surface area contributed by atoms with Crippen LogP contribution >= 0.6 is 23.2 Å². The van der Waals surface area contributed by atoms with Gasteiger partial charge in [0.2, 0.25) is 0 Å². The molecule has 86 valence electrons. The number of hydrogen-bond donors (Lipinski definition) is 0. The molecule has 0 bridgehead atoms. The van der Waals surface area contributed by atoms with Crippen LogP contribution in [0.2, 0.25) is 10.3 Å². The molecule has 1 aliphatic carbocycles. The second kappa shape index (κ2) is 4.28. The fourth-order valence-electron chi connectivity index (χ4n) is 2.33. The molecule has 1 aliphatic rings. The predicted molar refractivity (Wildman–Crippen MR) is 68.6 cm³/mol. The molecule has 0 saturated heterocycles. The van der Waals surface area contributed by atoms with Gasteiger partial charge in [-0.3, -0.25) is 0 Å². The van der Waals surface area contributed by atoms with Gasteiger partial charge in [-0.2, -0.15) is 0 Å². The van der Waals surface area contributed by atoms with E-state index in [4.69, 9.17) is 23.2 Å². The maximum absolute atomic E-state index is 5.90. The Bertz CT molecular complexity index is 524. The van der Waals surface area contributed by atoms with E-state index < -0.39 is 0 Å². The minimum atomic E-state index is 0.295. The lowest BCUT2D eigenvalue weighted by Gasteiger charge is -2.07. The van der Waals surface area contributed by atoms with E-state index in [0.717, 1.165) is 18.7 Å². The van der Waals surface area contributed by atoms with Crippen LogP contribution in [0.5, 0.6) is 0 Å². The first-order valence-corrected chi connectivity index (χ1v) is 6.25. The van der Waals surface area contributed by atoms with Crippen LogP contribution in [0.25, 0.3) is 0 Å². The van der Waals surface area contributed by atoms with E-state index in [-0.39, 0.29) is 0 Å². The molecule has 2 nitrogen and oxygen atoms in total. The van der Waals surface area contributed by atoms with E-state index in [0.29, 0.717) is 16.2 Å². The van der Waals surface area contributed by atoms with Crippen molar-refractivity contribution in [2.45, 2.75) is 18.8 Å². The van der Waals surface area contributed by atoms with Gasteiger partial charge >= 0.3 is 0 Å². The SMILES string of the molecule is Clc1cc(Cl)nc(C2Cc3ccccc3C2)n1. The summed E-state index contributed by atoms with van der Waals surface area (Å²) in [5.41, 5.74) is 2.74. The molecule has 0 fully saturated rings. The second-order valence-electron chi connectivity index (χ2n) is 4.25. The molecule has 0 saturated carbocycles. The van der Waals surface area contributed by atoms with Crippen LogP contribution in [0.4, 0.5) is 0 Å². The summed E-state index contributed by atoms with van der Waals surface area (Å²) in [7, 11) is 0. The maximum Gasteiger partial charge on any atom is 0.135 e. The lowest BCUT2D eigenvalue weighted by Crippen LogP contribution is -2.04. The van der Waals surface area contributed by atoms with Crippen molar-refractivity contribution in [3.63, 3.8) is 0 Å². The zero-order valence-corrected chi connectivity index (χ0v) is 10.5. The molecular weight excluding hydrogens is 255 g/mol. The van der Waals surface area contributed by atoms with Crippen LogP contribution in [0.15, 0.2) is 30.3 Å². The largest absolute Gasteiger partial charge is 0.221 e. The Morgan fingerprint density at radius 3 is 2.00 bits per heavy atom. The molecule has 1 heterocycles. The molecule has 0 atom stereocenters. The topological polar surface area (TPSA) is 25.8 Å². The minimum absolute atomic E-state index is 0.295. The van der Waals surface area contributed by atoms with Crippen LogP contribution in [0.3, 0.4) is 0 Å². The average molecular weight is 265 g/mol. The van der Waals surface area contributed by atoms with Gasteiger partial charge in [0.05, 0.1) is 0 Å². The normalized spacial score (nSPS) is 14.9. The van der Waals surface area contributed by atoms with Gasteiger partial charge in [-0.15, -0.1) is 0 Å². The summed E-state index contributed by atoms with van der Waals surface area (Å²) in [6.07, 6.45) is 1.93. The predicted octanol–water partition coefficient (Wildman–Crippen LogP) is 3.67. The lowest BCUT2D eigenvalue weighted by atomic mass is 10.1. The molecule has 3 rings (SSSR count). The van der Waals surface area contributed by atoms with Gasteiger partial charge in [0, 0.05) is 12.0 Å². The standard InChI is InChI=1S/C13H10Cl2N2/c14-11-7-12(15)17-13(16-11)10-5-8-3-1-2-4-9(8)6-10/h1-4,7,10H,5-6H2. The highest BCUT2D eigenvalue weighted by atomic mass is 35.5. The molecule has 0 amide bonds. The number of hydrogen-bond acceptors (Lipinski definition) is 2. The Morgan fingerprint density at radius 1 is 0.941 bits per heavy atom. The number of aromatic nitrogens is 2. The van der Waals surface area contributed by atoms with Crippen molar-refractivity contribution in [3.05, 3.63) is 57.6 Å². The first kappa shape index (κ1) is 11.0. The third kappa shape index (κ3) is 2.15. The van der Waals surface area contributed by atoms with E-state index in [1.54, 1.807) is 6.07 Å². The van der Waals surface area contributed by atoms with E-state index in [9.17, 15) is 0 Å². The zero-order chi connectivity index (χ0) is 11.8. The number of benzene rings is 1. The molecule has 0 N–H and O–H groups in total. The summed E-state index contributed by atoms with van der Waals surface area (Å²) >= 11 is 11.8. The Kier molecular flexibility index (Phi) is 2.77. The Hall–Kier alpha value is -1.12. The third-order valence-corrected chi connectivity index (χ3v) is 3.48. The average Bonchev–Trinajstić information content (AvgIpc) is 2.71. The maximum atomic E-state index is 5.90. The zero-order valence-electron chi connectivity index (χ0n) is 9.03. The quantitative estimate of drug-likeness (QED) is 0.735. The highest BCUT2D eigenvalue weighted by Crippen LogP contribution is 2.32. The Morgan fingerprint density at radius 2 is 1.47 bits per heavy atom. The van der Waals surface area contributed by atoms with Crippen LogP contribution in [0, 0.1) is 0 Å². The van der Waals surface area contributed by atoms with Crippen molar-refractivity contribution in [1.82, 2.24) is 9.97 Å². The van der Waals surface area contributed by atoms with Crippen LogP contribution in [-0.4, -0.2) is 9.97 Å². The van der Waals surface area contributed by atoms with Gasteiger partial charge in [0.1, 0.15) is 16.1 Å². The number of nitrogens with zero attached hydrogens (tertiary/aromatic N) is 2. The number of halogens is 2. The van der Waals surface area contributed by atoms with Crippen molar-refractivity contribution in [2.75, 3.05) is 0 Å². The summed E-state index contributed by atoms with van der Waals surface area (Å²) in [6.45, 7) is 0. The molecular formula is C13H10Cl2N2. The lowest BCUT2D eigenvalue weighted by molar-refractivity contribution is 0.682.